The highest BCUT2D eigenvalue weighted by molar-refractivity contribution is 7.92. The number of rotatable bonds is 8. The van der Waals surface area contributed by atoms with Crippen LogP contribution in [-0.4, -0.2) is 54.6 Å². The number of carbonyl (C=O) groups is 1. The summed E-state index contributed by atoms with van der Waals surface area (Å²) >= 11 is 0. The topological polar surface area (TPSA) is 146 Å². The number of methoxy groups -OCH3 is 1. The van der Waals surface area contributed by atoms with Crippen molar-refractivity contribution < 1.29 is 22.8 Å². The summed E-state index contributed by atoms with van der Waals surface area (Å²) in [5, 5.41) is 6.43. The van der Waals surface area contributed by atoms with Crippen LogP contribution < -0.4 is 11.1 Å². The number of aromatic nitrogens is 2. The summed E-state index contributed by atoms with van der Waals surface area (Å²) in [7, 11) is -1.68. The van der Waals surface area contributed by atoms with Crippen LogP contribution in [0.1, 0.15) is 37.7 Å². The number of sulfone groups is 1. The molecule has 32 heavy (non-hydrogen) atoms. The van der Waals surface area contributed by atoms with E-state index in [0.717, 1.165) is 12.8 Å². The third-order valence-electron chi connectivity index (χ3n) is 5.51. The molecule has 0 saturated heterocycles. The van der Waals surface area contributed by atoms with Gasteiger partial charge in [-0.3, -0.25) is 4.79 Å². The van der Waals surface area contributed by atoms with Crippen LogP contribution in [-0.2, 0) is 24.2 Å². The molecule has 0 aliphatic heterocycles. The highest BCUT2D eigenvalue weighted by Crippen LogP contribution is 2.33. The van der Waals surface area contributed by atoms with E-state index in [0.29, 0.717) is 24.8 Å². The molecule has 2 atom stereocenters. The van der Waals surface area contributed by atoms with Crippen LogP contribution in [0.4, 0.5) is 11.6 Å². The van der Waals surface area contributed by atoms with E-state index < -0.39 is 15.7 Å². The predicted molar refractivity (Wildman–Crippen MR) is 118 cm³/mol. The number of ether oxygens (including phenoxy) is 1. The molecule has 2 aliphatic carbocycles. The van der Waals surface area contributed by atoms with E-state index >= 15 is 0 Å². The molecule has 0 bridgehead atoms. The van der Waals surface area contributed by atoms with Gasteiger partial charge in [0.25, 0.3) is 5.91 Å². The highest BCUT2D eigenvalue weighted by Gasteiger charge is 2.37. The second kappa shape index (κ2) is 9.21. The lowest BCUT2D eigenvalue weighted by Crippen LogP contribution is -2.25. The summed E-state index contributed by atoms with van der Waals surface area (Å²) in [6.07, 6.45) is 6.24. The number of nitrogens with zero attached hydrogens (tertiary/aromatic N) is 3. The maximum Gasteiger partial charge on any atom is 0.279 e. The number of carbonyl (C=O) groups excluding carboxylic acids is 1. The largest absolute Gasteiger partial charge is 0.392 e. The summed E-state index contributed by atoms with van der Waals surface area (Å²) in [6.45, 7) is 0. The molecule has 1 heterocycles. The van der Waals surface area contributed by atoms with Crippen LogP contribution in [0.5, 0.6) is 0 Å². The van der Waals surface area contributed by atoms with Crippen molar-refractivity contribution in [3.63, 3.8) is 0 Å². The highest BCUT2D eigenvalue weighted by atomic mass is 32.2. The Labute approximate surface area is 186 Å². The smallest absolute Gasteiger partial charge is 0.279 e. The average molecular weight is 460 g/mol. The van der Waals surface area contributed by atoms with Gasteiger partial charge in [0.15, 0.2) is 21.4 Å². The van der Waals surface area contributed by atoms with Gasteiger partial charge in [-0.2, -0.15) is 0 Å². The van der Waals surface area contributed by atoms with Gasteiger partial charge in [0, 0.05) is 19.1 Å². The van der Waals surface area contributed by atoms with E-state index in [1.165, 1.54) is 24.5 Å². The van der Waals surface area contributed by atoms with Gasteiger partial charge in [-0.1, -0.05) is 17.3 Å². The molecule has 170 valence electrons. The van der Waals surface area contributed by atoms with Gasteiger partial charge >= 0.3 is 0 Å². The normalized spacial score (nSPS) is 21.3. The number of nitrogens with one attached hydrogen (secondary N) is 1. The van der Waals surface area contributed by atoms with Gasteiger partial charge in [0.05, 0.1) is 28.6 Å². The standard InChI is InChI=1S/C21H25N5O5S/c1-30-14-4-5-15(10-14)31-26-20(21(27)25-19-12-23-18(22)11-24-19)13-2-6-16(7-3-13)32(28,29)17-8-9-17/h2-3,6-7,11-12,14-15,17H,4-5,8-10H2,1H3,(H2,22,23)(H,24,25,27)/t14-,15-/m1/s1. The van der Waals surface area contributed by atoms with Gasteiger partial charge in [-0.05, 0) is 37.8 Å². The predicted octanol–water partition coefficient (Wildman–Crippen LogP) is 1.92. The molecule has 2 aliphatic rings. The lowest BCUT2D eigenvalue weighted by molar-refractivity contribution is -0.110. The third kappa shape index (κ3) is 5.05. The first-order chi connectivity index (χ1) is 15.4. The molecule has 0 radical (unpaired) electrons. The van der Waals surface area contributed by atoms with Crippen LogP contribution in [0.2, 0.25) is 0 Å². The Morgan fingerprint density at radius 2 is 1.81 bits per heavy atom. The maximum atomic E-state index is 13.0. The quantitative estimate of drug-likeness (QED) is 0.450. The van der Waals surface area contributed by atoms with Crippen molar-refractivity contribution in [2.24, 2.45) is 5.16 Å². The second-order valence-electron chi connectivity index (χ2n) is 7.89. The van der Waals surface area contributed by atoms with Crippen molar-refractivity contribution in [3.8, 4) is 0 Å². The van der Waals surface area contributed by atoms with Crippen molar-refractivity contribution in [3.05, 3.63) is 42.2 Å². The van der Waals surface area contributed by atoms with Crippen LogP contribution in [0.15, 0.2) is 46.7 Å². The van der Waals surface area contributed by atoms with Gasteiger partial charge in [-0.25, -0.2) is 18.4 Å². The van der Waals surface area contributed by atoms with E-state index in [2.05, 4.69) is 20.4 Å². The molecule has 4 rings (SSSR count). The first-order valence-corrected chi connectivity index (χ1v) is 11.9. The minimum atomic E-state index is -3.33. The summed E-state index contributed by atoms with van der Waals surface area (Å²) in [6, 6.07) is 6.09. The Kier molecular flexibility index (Phi) is 6.38. The van der Waals surface area contributed by atoms with Gasteiger partial charge in [-0.15, -0.1) is 0 Å². The van der Waals surface area contributed by atoms with Crippen LogP contribution in [0.25, 0.3) is 0 Å². The Morgan fingerprint density at radius 1 is 1.09 bits per heavy atom. The molecule has 0 unspecified atom stereocenters. The van der Waals surface area contributed by atoms with Crippen molar-refractivity contribution in [2.45, 2.75) is 54.5 Å². The lowest BCUT2D eigenvalue weighted by atomic mass is 10.1. The van der Waals surface area contributed by atoms with Crippen molar-refractivity contribution in [2.75, 3.05) is 18.2 Å². The number of benzene rings is 1. The van der Waals surface area contributed by atoms with E-state index in [4.69, 9.17) is 15.3 Å². The lowest BCUT2D eigenvalue weighted by Gasteiger charge is -2.12. The zero-order valence-corrected chi connectivity index (χ0v) is 18.4. The SMILES string of the molecule is CO[C@@H]1CC[C@@H](ON=C(C(=O)Nc2cnc(N)cn2)c2ccc(S(=O)(=O)C3CC3)cc2)C1. The molecule has 10 nitrogen and oxygen atoms in total. The summed E-state index contributed by atoms with van der Waals surface area (Å²) in [5.41, 5.74) is 5.95. The number of anilines is 2. The third-order valence-corrected chi connectivity index (χ3v) is 7.79. The van der Waals surface area contributed by atoms with Crippen LogP contribution >= 0.6 is 0 Å². The molecule has 1 amide bonds. The fourth-order valence-corrected chi connectivity index (χ4v) is 5.17. The number of oxime groups is 1. The first-order valence-electron chi connectivity index (χ1n) is 10.4. The zero-order valence-electron chi connectivity index (χ0n) is 17.6. The van der Waals surface area contributed by atoms with E-state index in [9.17, 15) is 13.2 Å². The van der Waals surface area contributed by atoms with Crippen LogP contribution in [0.3, 0.4) is 0 Å². The number of hydrogen-bond acceptors (Lipinski definition) is 9. The first kappa shape index (κ1) is 22.2. The zero-order chi connectivity index (χ0) is 22.7. The Balaban J connectivity index is 1.57. The fourth-order valence-electron chi connectivity index (χ4n) is 3.51. The Hall–Kier alpha value is -3.05. The van der Waals surface area contributed by atoms with Crippen molar-refractivity contribution in [1.29, 1.82) is 0 Å². The molecular weight excluding hydrogens is 434 g/mol. The summed E-state index contributed by atoms with van der Waals surface area (Å²) in [4.78, 5) is 26.8. The molecule has 1 aromatic carbocycles. The molecule has 1 aromatic heterocycles. The molecule has 0 spiro atoms. The monoisotopic (exact) mass is 459 g/mol. The molecule has 2 saturated carbocycles. The molecule has 11 heteroatoms. The Morgan fingerprint density at radius 3 is 2.41 bits per heavy atom. The van der Waals surface area contributed by atoms with Gasteiger partial charge < -0.3 is 20.6 Å². The average Bonchev–Trinajstić information content (AvgIpc) is 3.56. The minimum Gasteiger partial charge on any atom is -0.392 e. The van der Waals surface area contributed by atoms with Gasteiger partial charge in [0.1, 0.15) is 11.9 Å². The second-order valence-corrected chi connectivity index (χ2v) is 10.1. The summed E-state index contributed by atoms with van der Waals surface area (Å²) in [5.74, 6) is -0.144. The number of nitrogens with two attached hydrogens (primary N) is 1. The Bertz CT molecular complexity index is 1100. The maximum absolute atomic E-state index is 13.0. The van der Waals surface area contributed by atoms with E-state index in [-0.39, 0.29) is 39.7 Å². The minimum absolute atomic E-state index is 0.000128. The number of nitrogen functional groups attached to an aromatic ring is 1. The molecule has 3 N–H and O–H groups in total. The molecular formula is C21H25N5O5S. The van der Waals surface area contributed by atoms with Crippen molar-refractivity contribution in [1.82, 2.24) is 9.97 Å². The molecule has 2 fully saturated rings. The van der Waals surface area contributed by atoms with Crippen molar-refractivity contribution >= 4 is 33.1 Å². The van der Waals surface area contributed by atoms with E-state index in [1.807, 2.05) is 0 Å². The van der Waals surface area contributed by atoms with Gasteiger partial charge in [0.2, 0.25) is 0 Å². The summed E-state index contributed by atoms with van der Waals surface area (Å²) < 4.78 is 30.3. The molecule has 2 aromatic rings. The number of hydrogen-bond donors (Lipinski definition) is 2. The van der Waals surface area contributed by atoms with Crippen LogP contribution in [0, 0.1) is 0 Å². The van der Waals surface area contributed by atoms with E-state index in [1.54, 1.807) is 19.2 Å². The fraction of sp³-hybridized carbons (Fsp3) is 0.429. The number of amides is 1.